The highest BCUT2D eigenvalue weighted by Gasteiger charge is 2.29. The summed E-state index contributed by atoms with van der Waals surface area (Å²) in [5, 5.41) is 8.67. The largest absolute Gasteiger partial charge is 0.508 e. The molecule has 0 aliphatic carbocycles. The molecule has 8 rings (SSSR count). The molecule has 11 nitrogen and oxygen atoms in total. The quantitative estimate of drug-likeness (QED) is 0.307. The van der Waals surface area contributed by atoms with Gasteiger partial charge in [-0.3, -0.25) is 10.1 Å². The maximum absolute atomic E-state index is 16.8. The molecule has 43 heavy (non-hydrogen) atoms. The zero-order valence-corrected chi connectivity index (χ0v) is 24.7. The first kappa shape index (κ1) is 28.0. The van der Waals surface area contributed by atoms with Gasteiger partial charge in [0.15, 0.2) is 5.82 Å². The van der Waals surface area contributed by atoms with Crippen LogP contribution >= 0.6 is 11.6 Å². The van der Waals surface area contributed by atoms with Crippen molar-refractivity contribution in [1.29, 1.82) is 0 Å². The Morgan fingerprint density at radius 2 is 2.05 bits per heavy atom. The van der Waals surface area contributed by atoms with Gasteiger partial charge in [0, 0.05) is 34.8 Å². The Kier molecular flexibility index (Phi) is 7.64. The number of likely N-dealkylation sites (N-methyl/N-ethyl adjacent to an activating group) is 1. The molecule has 4 aliphatic rings. The number of fused-ring (bicyclic) bond motifs is 7. The molecule has 2 saturated heterocycles. The van der Waals surface area contributed by atoms with Crippen LogP contribution in [0.25, 0.3) is 33.1 Å². The second kappa shape index (κ2) is 11.7. The third kappa shape index (κ3) is 5.42. The van der Waals surface area contributed by atoms with Gasteiger partial charge < -0.3 is 24.0 Å². The van der Waals surface area contributed by atoms with Crippen molar-refractivity contribution in [3.05, 3.63) is 34.9 Å². The van der Waals surface area contributed by atoms with Crippen LogP contribution in [0.5, 0.6) is 6.01 Å². The van der Waals surface area contributed by atoms with Crippen LogP contribution in [0.2, 0.25) is 5.02 Å². The summed E-state index contributed by atoms with van der Waals surface area (Å²) in [6.07, 6.45) is 7.52. The molecule has 0 unspecified atom stereocenters. The number of hydrogen-bond acceptors (Lipinski definition) is 10. The van der Waals surface area contributed by atoms with Crippen LogP contribution in [0.4, 0.5) is 15.0 Å². The minimum atomic E-state index is -0.704. The number of carbonyl (C=O) groups is 1. The fourth-order valence-electron chi connectivity index (χ4n) is 6.44. The van der Waals surface area contributed by atoms with Gasteiger partial charge in [0.25, 0.3) is 0 Å². The van der Waals surface area contributed by atoms with Gasteiger partial charge in [-0.1, -0.05) is 11.6 Å². The van der Waals surface area contributed by atoms with E-state index in [1.54, 1.807) is 18.5 Å². The molecule has 7 heterocycles. The molecule has 3 aromatic heterocycles. The molecule has 226 valence electrons. The lowest BCUT2D eigenvalue weighted by Crippen LogP contribution is -2.35. The number of H-pyrrole nitrogens is 1. The lowest BCUT2D eigenvalue weighted by molar-refractivity contribution is 0.0234. The topological polar surface area (TPSA) is 119 Å². The van der Waals surface area contributed by atoms with Gasteiger partial charge in [0.1, 0.15) is 29.7 Å². The Balaban J connectivity index is 1.42. The molecule has 4 aliphatic heterocycles. The van der Waals surface area contributed by atoms with Gasteiger partial charge in [-0.05, 0) is 70.2 Å². The Hall–Kier alpha value is -3.77. The number of pyridine rings is 1. The van der Waals surface area contributed by atoms with Crippen LogP contribution in [0.15, 0.2) is 18.5 Å². The van der Waals surface area contributed by atoms with E-state index >= 15 is 4.39 Å². The summed E-state index contributed by atoms with van der Waals surface area (Å²) in [5.74, 6) is -0.0930. The van der Waals surface area contributed by atoms with Gasteiger partial charge in [-0.2, -0.15) is 15.1 Å². The van der Waals surface area contributed by atoms with Gasteiger partial charge in [0.05, 0.1) is 30.3 Å². The molecule has 0 radical (unpaired) electrons. The number of likely N-dealkylation sites (tertiary alicyclic amines) is 1. The average Bonchev–Trinajstić information content (AvgIpc) is 3.56. The van der Waals surface area contributed by atoms with Crippen molar-refractivity contribution in [2.75, 3.05) is 44.8 Å². The number of nitrogens with one attached hydrogen (secondary N) is 1. The van der Waals surface area contributed by atoms with Crippen molar-refractivity contribution in [3.8, 4) is 17.3 Å². The number of nitrogens with zero attached hydrogens (tertiary/aromatic N) is 6. The van der Waals surface area contributed by atoms with E-state index in [9.17, 15) is 4.79 Å². The summed E-state index contributed by atoms with van der Waals surface area (Å²) < 4.78 is 34.2. The lowest BCUT2D eigenvalue weighted by Gasteiger charge is -2.27. The molecule has 2 fully saturated rings. The van der Waals surface area contributed by atoms with Crippen molar-refractivity contribution in [2.24, 2.45) is 0 Å². The van der Waals surface area contributed by atoms with Crippen molar-refractivity contribution >= 4 is 45.4 Å². The predicted molar refractivity (Wildman–Crippen MR) is 159 cm³/mol. The number of carbonyl (C=O) groups excluding carboxylic acids is 1. The third-order valence-electron chi connectivity index (χ3n) is 8.74. The first-order chi connectivity index (χ1) is 21.0. The SMILES string of the molecule is CN1CCC[C@H]1COc1nc2c3cnc(c(F)c3n1)-c1c(c(Cl)cc3[nH]ncc13)CCCOC(=O)O[C@@H]1CCCCN2C1. The summed E-state index contributed by atoms with van der Waals surface area (Å²) in [6, 6.07) is 2.09. The van der Waals surface area contributed by atoms with E-state index in [1.807, 2.05) is 4.90 Å². The van der Waals surface area contributed by atoms with Crippen molar-refractivity contribution in [1.82, 2.24) is 30.0 Å². The van der Waals surface area contributed by atoms with E-state index in [0.29, 0.717) is 77.2 Å². The number of ether oxygens (including phenoxy) is 3. The number of hydrogen-bond donors (Lipinski definition) is 1. The fourth-order valence-corrected chi connectivity index (χ4v) is 6.74. The van der Waals surface area contributed by atoms with Crippen LogP contribution in [0, 0.1) is 5.82 Å². The number of aromatic amines is 1. The summed E-state index contributed by atoms with van der Waals surface area (Å²) >= 11 is 6.75. The Morgan fingerprint density at radius 3 is 2.91 bits per heavy atom. The van der Waals surface area contributed by atoms with E-state index < -0.39 is 18.1 Å². The zero-order chi connectivity index (χ0) is 29.5. The second-order valence-corrected chi connectivity index (χ2v) is 11.9. The van der Waals surface area contributed by atoms with Gasteiger partial charge in [0.2, 0.25) is 0 Å². The predicted octanol–water partition coefficient (Wildman–Crippen LogP) is 5.29. The van der Waals surface area contributed by atoms with Gasteiger partial charge in [-0.15, -0.1) is 0 Å². The maximum Gasteiger partial charge on any atom is 0.508 e. The summed E-state index contributed by atoms with van der Waals surface area (Å²) in [5.41, 5.74) is 2.08. The van der Waals surface area contributed by atoms with E-state index in [0.717, 1.165) is 32.2 Å². The number of halogens is 2. The van der Waals surface area contributed by atoms with Crippen LogP contribution in [-0.4, -0.2) is 88.2 Å². The molecule has 6 bridgehead atoms. The molecule has 2 atom stereocenters. The standard InChI is InChI=1S/C30H33ClFN7O4/c1-38-9-4-6-17(38)16-42-29-35-26-21-13-33-27(25(26)32)24-19(22(31)12-23-20(24)14-34-37-23)8-5-11-41-30(40)43-18-7-2-3-10-39(15-18)28(21)36-29/h12-14,17-18H,2-11,15-16H2,1H3,(H,34,37)/t17-,18+/m0/s1. The smallest absolute Gasteiger partial charge is 0.462 e. The number of benzene rings is 1. The minimum Gasteiger partial charge on any atom is -0.462 e. The molecule has 0 saturated carbocycles. The maximum atomic E-state index is 16.8. The average molecular weight is 610 g/mol. The summed E-state index contributed by atoms with van der Waals surface area (Å²) in [4.78, 5) is 31.0. The Bertz CT molecular complexity index is 1680. The highest BCUT2D eigenvalue weighted by molar-refractivity contribution is 6.33. The molecule has 1 aromatic carbocycles. The third-order valence-corrected chi connectivity index (χ3v) is 9.07. The molecule has 4 aromatic rings. The zero-order valence-electron chi connectivity index (χ0n) is 23.9. The molecule has 13 heteroatoms. The monoisotopic (exact) mass is 609 g/mol. The second-order valence-electron chi connectivity index (χ2n) is 11.5. The highest BCUT2D eigenvalue weighted by Crippen LogP contribution is 2.40. The summed E-state index contributed by atoms with van der Waals surface area (Å²) in [6.45, 7) is 2.55. The van der Waals surface area contributed by atoms with Crippen LogP contribution in [0.1, 0.15) is 44.1 Å². The van der Waals surface area contributed by atoms with Gasteiger partial charge >= 0.3 is 12.2 Å². The molecule has 1 N–H and O–H groups in total. The minimum absolute atomic E-state index is 0.0980. The number of rotatable bonds is 3. The molecule has 0 amide bonds. The first-order valence-corrected chi connectivity index (χ1v) is 15.3. The Labute approximate surface area is 252 Å². The molecule has 0 spiro atoms. The first-order valence-electron chi connectivity index (χ1n) is 14.9. The van der Waals surface area contributed by atoms with Crippen LogP contribution in [-0.2, 0) is 15.9 Å². The van der Waals surface area contributed by atoms with E-state index in [4.69, 9.17) is 30.8 Å². The lowest BCUT2D eigenvalue weighted by atomic mass is 9.95. The van der Waals surface area contributed by atoms with E-state index in [2.05, 4.69) is 32.1 Å². The number of aromatic nitrogens is 5. The normalized spacial score (nSPS) is 21.7. The Morgan fingerprint density at radius 1 is 1.14 bits per heavy atom. The van der Waals surface area contributed by atoms with Gasteiger partial charge in [-0.25, -0.2) is 9.18 Å². The van der Waals surface area contributed by atoms with Crippen molar-refractivity contribution in [3.63, 3.8) is 0 Å². The van der Waals surface area contributed by atoms with Crippen LogP contribution < -0.4 is 9.64 Å². The highest BCUT2D eigenvalue weighted by atomic mass is 35.5. The summed E-state index contributed by atoms with van der Waals surface area (Å²) in [7, 11) is 2.07. The molecular weight excluding hydrogens is 577 g/mol. The van der Waals surface area contributed by atoms with Crippen molar-refractivity contribution < 1.29 is 23.4 Å². The van der Waals surface area contributed by atoms with E-state index in [-0.39, 0.29) is 29.9 Å². The fraction of sp³-hybridized carbons (Fsp3) is 0.500. The number of anilines is 1. The molecular formula is C30H33ClFN7O4. The van der Waals surface area contributed by atoms with E-state index in [1.165, 1.54) is 0 Å². The van der Waals surface area contributed by atoms with Crippen LogP contribution in [0.3, 0.4) is 0 Å². The van der Waals surface area contributed by atoms with Crippen molar-refractivity contribution in [2.45, 2.75) is 57.1 Å².